The van der Waals surface area contributed by atoms with Crippen LogP contribution >= 0.6 is 23.8 Å². The lowest BCUT2D eigenvalue weighted by Gasteiger charge is -2.13. The fraction of sp³-hybridized carbons (Fsp3) is 0.385. The van der Waals surface area contributed by atoms with Gasteiger partial charge in [-0.25, -0.2) is 0 Å². The minimum atomic E-state index is -0.0427. The molecule has 3 N–H and O–H groups in total. The van der Waals surface area contributed by atoms with Gasteiger partial charge in [0.05, 0.1) is 10.7 Å². The van der Waals surface area contributed by atoms with E-state index in [0.717, 1.165) is 12.8 Å². The van der Waals surface area contributed by atoms with E-state index in [1.165, 1.54) is 0 Å². The minimum absolute atomic E-state index is 0.0421. The van der Waals surface area contributed by atoms with Crippen LogP contribution in [0.2, 0.25) is 5.02 Å². The zero-order valence-electron chi connectivity index (χ0n) is 10.5. The molecule has 5 heteroatoms. The van der Waals surface area contributed by atoms with Gasteiger partial charge in [-0.3, -0.25) is 4.79 Å². The minimum Gasteiger partial charge on any atom is -0.389 e. The van der Waals surface area contributed by atoms with Crippen molar-refractivity contribution in [2.45, 2.75) is 26.7 Å². The van der Waals surface area contributed by atoms with E-state index < -0.39 is 0 Å². The quantitative estimate of drug-likeness (QED) is 0.815. The second kappa shape index (κ2) is 6.71. The van der Waals surface area contributed by atoms with E-state index in [1.54, 1.807) is 18.2 Å². The second-order valence-corrected chi connectivity index (χ2v) is 5.08. The van der Waals surface area contributed by atoms with Crippen molar-refractivity contribution in [3.05, 3.63) is 28.8 Å². The summed E-state index contributed by atoms with van der Waals surface area (Å²) in [7, 11) is 0. The number of anilines is 1. The number of benzene rings is 1. The molecule has 98 valence electrons. The molecule has 1 unspecified atom stereocenters. The smallest absolute Gasteiger partial charge is 0.227 e. The Balaban J connectivity index is 2.86. The molecule has 1 rings (SSSR count). The van der Waals surface area contributed by atoms with Crippen molar-refractivity contribution in [3.63, 3.8) is 0 Å². The number of rotatable bonds is 5. The number of thiocarbonyl (C=S) groups is 1. The molecular weight excluding hydrogens is 268 g/mol. The van der Waals surface area contributed by atoms with Gasteiger partial charge < -0.3 is 11.1 Å². The summed E-state index contributed by atoms with van der Waals surface area (Å²) < 4.78 is 0. The van der Waals surface area contributed by atoms with Crippen molar-refractivity contribution in [2.24, 2.45) is 11.7 Å². The van der Waals surface area contributed by atoms with Gasteiger partial charge >= 0.3 is 0 Å². The second-order valence-electron chi connectivity index (χ2n) is 4.24. The number of amides is 1. The molecule has 1 aromatic carbocycles. The average molecular weight is 285 g/mol. The van der Waals surface area contributed by atoms with Gasteiger partial charge in [-0.1, -0.05) is 50.2 Å². The Kier molecular flexibility index (Phi) is 5.56. The first kappa shape index (κ1) is 14.9. The van der Waals surface area contributed by atoms with E-state index in [4.69, 9.17) is 29.6 Å². The Morgan fingerprint density at radius 1 is 1.56 bits per heavy atom. The maximum absolute atomic E-state index is 11.9. The predicted octanol–water partition coefficient (Wildman–Crippen LogP) is 3.35. The molecule has 3 nitrogen and oxygen atoms in total. The summed E-state index contributed by atoms with van der Waals surface area (Å²) in [6.45, 7) is 3.94. The van der Waals surface area contributed by atoms with E-state index in [1.807, 2.05) is 13.8 Å². The van der Waals surface area contributed by atoms with Crippen LogP contribution in [0.15, 0.2) is 18.2 Å². The zero-order chi connectivity index (χ0) is 13.7. The van der Waals surface area contributed by atoms with Crippen LogP contribution in [0.25, 0.3) is 0 Å². The van der Waals surface area contributed by atoms with Gasteiger partial charge in [-0.2, -0.15) is 0 Å². The van der Waals surface area contributed by atoms with E-state index in [0.29, 0.717) is 16.3 Å². The SMILES string of the molecule is CCCC(C)C(=O)Nc1cc(C(N)=S)ccc1Cl. The summed E-state index contributed by atoms with van der Waals surface area (Å²) in [6, 6.07) is 5.10. The van der Waals surface area contributed by atoms with Gasteiger partial charge in [0.2, 0.25) is 5.91 Å². The normalized spacial score (nSPS) is 11.9. The van der Waals surface area contributed by atoms with Crippen molar-refractivity contribution in [2.75, 3.05) is 5.32 Å². The number of halogens is 1. The molecule has 0 heterocycles. The molecule has 0 spiro atoms. The Hall–Kier alpha value is -1.13. The third-order valence-electron chi connectivity index (χ3n) is 2.68. The Bertz CT molecular complexity index is 462. The lowest BCUT2D eigenvalue weighted by molar-refractivity contribution is -0.119. The lowest BCUT2D eigenvalue weighted by Crippen LogP contribution is -2.21. The van der Waals surface area contributed by atoms with Gasteiger partial charge in [-0.05, 0) is 18.6 Å². The van der Waals surface area contributed by atoms with Crippen LogP contribution in [-0.4, -0.2) is 10.9 Å². The van der Waals surface area contributed by atoms with Crippen LogP contribution in [0.4, 0.5) is 5.69 Å². The average Bonchev–Trinajstić information content (AvgIpc) is 2.31. The summed E-state index contributed by atoms with van der Waals surface area (Å²) in [6.07, 6.45) is 1.81. The van der Waals surface area contributed by atoms with Crippen LogP contribution < -0.4 is 11.1 Å². The first-order valence-corrected chi connectivity index (χ1v) is 6.64. The molecule has 1 atom stereocenters. The molecule has 0 aromatic heterocycles. The third kappa shape index (κ3) is 3.96. The predicted molar refractivity (Wildman–Crippen MR) is 80.0 cm³/mol. The number of carbonyl (C=O) groups excluding carboxylic acids is 1. The molecule has 0 saturated heterocycles. The number of hydrogen-bond acceptors (Lipinski definition) is 2. The molecule has 1 aromatic rings. The fourth-order valence-corrected chi connectivity index (χ4v) is 1.89. The van der Waals surface area contributed by atoms with Crippen molar-refractivity contribution < 1.29 is 4.79 Å². The third-order valence-corrected chi connectivity index (χ3v) is 3.24. The monoisotopic (exact) mass is 284 g/mol. The van der Waals surface area contributed by atoms with E-state index in [2.05, 4.69) is 5.32 Å². The molecule has 0 saturated carbocycles. The summed E-state index contributed by atoms with van der Waals surface area (Å²) in [5.74, 6) is -0.0848. The highest BCUT2D eigenvalue weighted by atomic mass is 35.5. The number of carbonyl (C=O) groups is 1. The van der Waals surface area contributed by atoms with Crippen LogP contribution in [0, 0.1) is 5.92 Å². The maximum atomic E-state index is 11.9. The van der Waals surface area contributed by atoms with Crippen LogP contribution in [0.5, 0.6) is 0 Å². The molecule has 0 radical (unpaired) electrons. The summed E-state index contributed by atoms with van der Waals surface area (Å²) in [5, 5.41) is 3.28. The fourth-order valence-electron chi connectivity index (χ4n) is 1.59. The number of nitrogens with one attached hydrogen (secondary N) is 1. The first-order chi connectivity index (χ1) is 8.45. The van der Waals surface area contributed by atoms with Crippen molar-refractivity contribution in [1.82, 2.24) is 0 Å². The highest BCUT2D eigenvalue weighted by Gasteiger charge is 2.13. The van der Waals surface area contributed by atoms with Gasteiger partial charge in [0.25, 0.3) is 0 Å². The van der Waals surface area contributed by atoms with Crippen LogP contribution in [0.1, 0.15) is 32.3 Å². The lowest BCUT2D eigenvalue weighted by atomic mass is 10.1. The van der Waals surface area contributed by atoms with Crippen LogP contribution in [0.3, 0.4) is 0 Å². The molecule has 0 aliphatic rings. The molecule has 18 heavy (non-hydrogen) atoms. The zero-order valence-corrected chi connectivity index (χ0v) is 12.1. The highest BCUT2D eigenvalue weighted by Crippen LogP contribution is 2.24. The Morgan fingerprint density at radius 3 is 2.78 bits per heavy atom. The Morgan fingerprint density at radius 2 is 2.22 bits per heavy atom. The van der Waals surface area contributed by atoms with Gasteiger partial charge in [0, 0.05) is 11.5 Å². The topological polar surface area (TPSA) is 55.1 Å². The molecular formula is C13H17ClN2OS. The summed E-state index contributed by atoms with van der Waals surface area (Å²) in [5.41, 5.74) is 6.79. The van der Waals surface area contributed by atoms with Crippen molar-refractivity contribution >= 4 is 40.4 Å². The molecule has 0 fully saturated rings. The van der Waals surface area contributed by atoms with Crippen molar-refractivity contribution in [3.8, 4) is 0 Å². The first-order valence-electron chi connectivity index (χ1n) is 5.86. The number of hydrogen-bond donors (Lipinski definition) is 2. The standard InChI is InChI=1S/C13H17ClN2OS/c1-3-4-8(2)13(17)16-11-7-9(12(15)18)5-6-10(11)14/h5-8H,3-4H2,1-2H3,(H2,15,18)(H,16,17). The van der Waals surface area contributed by atoms with Gasteiger partial charge in [0.15, 0.2) is 0 Å². The molecule has 0 aliphatic carbocycles. The molecule has 1 amide bonds. The largest absolute Gasteiger partial charge is 0.389 e. The highest BCUT2D eigenvalue weighted by molar-refractivity contribution is 7.80. The maximum Gasteiger partial charge on any atom is 0.227 e. The van der Waals surface area contributed by atoms with Gasteiger partial charge in [0.1, 0.15) is 4.99 Å². The summed E-state index contributed by atoms with van der Waals surface area (Å²) >= 11 is 10.9. The van der Waals surface area contributed by atoms with Crippen LogP contribution in [-0.2, 0) is 4.79 Å². The van der Waals surface area contributed by atoms with E-state index >= 15 is 0 Å². The van der Waals surface area contributed by atoms with E-state index in [9.17, 15) is 4.79 Å². The molecule has 0 bridgehead atoms. The Labute approximate surface area is 118 Å². The van der Waals surface area contributed by atoms with E-state index in [-0.39, 0.29) is 16.8 Å². The molecule has 0 aliphatic heterocycles. The number of nitrogens with two attached hydrogens (primary N) is 1. The van der Waals surface area contributed by atoms with Gasteiger partial charge in [-0.15, -0.1) is 0 Å². The summed E-state index contributed by atoms with van der Waals surface area (Å²) in [4.78, 5) is 12.2. The van der Waals surface area contributed by atoms with Crippen molar-refractivity contribution in [1.29, 1.82) is 0 Å².